The van der Waals surface area contributed by atoms with Gasteiger partial charge in [0.05, 0.1) is 18.5 Å². The van der Waals surface area contributed by atoms with Gasteiger partial charge in [-0.25, -0.2) is 15.0 Å². The molecule has 1 unspecified atom stereocenters. The van der Waals surface area contributed by atoms with E-state index in [1.807, 2.05) is 9.47 Å². The molecule has 9 nitrogen and oxygen atoms in total. The first-order valence-corrected chi connectivity index (χ1v) is 9.05. The number of aliphatic hydroxyl groups is 1. The van der Waals surface area contributed by atoms with Crippen LogP contribution in [0.5, 0.6) is 0 Å². The van der Waals surface area contributed by atoms with Gasteiger partial charge in [0.2, 0.25) is 5.91 Å². The quantitative estimate of drug-likeness (QED) is 0.795. The molecule has 2 saturated heterocycles. The summed E-state index contributed by atoms with van der Waals surface area (Å²) in [6.45, 7) is 2.30. The lowest BCUT2D eigenvalue weighted by atomic mass is 9.94. The van der Waals surface area contributed by atoms with Crippen molar-refractivity contribution in [2.24, 2.45) is 0 Å². The monoisotopic (exact) mass is 360 g/mol. The van der Waals surface area contributed by atoms with Crippen molar-refractivity contribution in [3.63, 3.8) is 0 Å². The van der Waals surface area contributed by atoms with Gasteiger partial charge in [-0.15, -0.1) is 0 Å². The predicted octanol–water partition coefficient (Wildman–Crippen LogP) is 0.0826. The number of fused-ring (bicyclic) bond motifs is 1. The smallest absolute Gasteiger partial charge is 0.242 e. The number of carbonyl (C=O) groups excluding carboxylic acids is 1. The highest BCUT2D eigenvalue weighted by atomic mass is 16.5. The fourth-order valence-electron chi connectivity index (χ4n) is 3.88. The summed E-state index contributed by atoms with van der Waals surface area (Å²) in [5.41, 5.74) is 0.534. The number of ether oxygens (including phenoxy) is 1. The van der Waals surface area contributed by atoms with Gasteiger partial charge in [-0.05, 0) is 12.8 Å². The van der Waals surface area contributed by atoms with E-state index >= 15 is 0 Å². The van der Waals surface area contributed by atoms with Crippen molar-refractivity contribution in [1.29, 1.82) is 0 Å². The fraction of sp³-hybridized carbons (Fsp3) is 0.647. The second kappa shape index (κ2) is 6.81. The predicted molar refractivity (Wildman–Crippen MR) is 94.8 cm³/mol. The van der Waals surface area contributed by atoms with Crippen LogP contribution >= 0.6 is 0 Å². The topological polar surface area (TPSA) is 105 Å². The average Bonchev–Trinajstić information content (AvgIpc) is 3.29. The molecule has 4 rings (SSSR count). The Balaban J connectivity index is 1.66. The van der Waals surface area contributed by atoms with Gasteiger partial charge in [-0.3, -0.25) is 4.79 Å². The van der Waals surface area contributed by atoms with Crippen molar-refractivity contribution >= 4 is 22.9 Å². The van der Waals surface area contributed by atoms with Crippen molar-refractivity contribution in [3.05, 3.63) is 12.7 Å². The van der Waals surface area contributed by atoms with E-state index in [9.17, 15) is 9.90 Å². The van der Waals surface area contributed by atoms with E-state index in [0.29, 0.717) is 49.6 Å². The third-order valence-electron chi connectivity index (χ3n) is 5.34. The lowest BCUT2D eigenvalue weighted by Crippen LogP contribution is -2.42. The molecule has 4 heterocycles. The van der Waals surface area contributed by atoms with Crippen LogP contribution in [0.15, 0.2) is 12.7 Å². The normalized spacial score (nSPS) is 22.7. The molecular formula is C17H24N6O3. The summed E-state index contributed by atoms with van der Waals surface area (Å²) >= 11 is 0. The lowest BCUT2D eigenvalue weighted by Gasteiger charge is -2.32. The zero-order valence-corrected chi connectivity index (χ0v) is 14.9. The van der Waals surface area contributed by atoms with Gasteiger partial charge < -0.3 is 24.6 Å². The average molecular weight is 360 g/mol. The van der Waals surface area contributed by atoms with E-state index in [4.69, 9.17) is 4.74 Å². The Morgan fingerprint density at radius 2 is 2.19 bits per heavy atom. The molecule has 2 aliphatic rings. The Hall–Kier alpha value is -2.26. The largest absolute Gasteiger partial charge is 0.388 e. The SMILES string of the molecule is CNC(=O)C1CCCN1c1ncnc2c1ncn2CC1(O)CCOCC1. The molecule has 0 spiro atoms. The third-order valence-corrected chi connectivity index (χ3v) is 5.34. The number of nitrogens with one attached hydrogen (secondary N) is 1. The molecule has 26 heavy (non-hydrogen) atoms. The highest BCUT2D eigenvalue weighted by Gasteiger charge is 2.34. The minimum atomic E-state index is -0.810. The number of nitrogens with zero attached hydrogens (tertiary/aromatic N) is 5. The van der Waals surface area contributed by atoms with Crippen LogP contribution in [-0.4, -0.2) is 69.0 Å². The maximum absolute atomic E-state index is 12.2. The molecule has 9 heteroatoms. The van der Waals surface area contributed by atoms with Crippen molar-refractivity contribution in [2.45, 2.75) is 43.9 Å². The summed E-state index contributed by atoms with van der Waals surface area (Å²) < 4.78 is 7.22. The molecule has 0 bridgehead atoms. The van der Waals surface area contributed by atoms with E-state index in [2.05, 4.69) is 20.3 Å². The number of hydrogen-bond donors (Lipinski definition) is 2. The van der Waals surface area contributed by atoms with Gasteiger partial charge >= 0.3 is 0 Å². The van der Waals surface area contributed by atoms with Crippen LogP contribution in [0.4, 0.5) is 5.82 Å². The summed E-state index contributed by atoms with van der Waals surface area (Å²) in [6, 6.07) is -0.233. The Morgan fingerprint density at radius 3 is 2.96 bits per heavy atom. The number of carbonyl (C=O) groups is 1. The van der Waals surface area contributed by atoms with Crippen molar-refractivity contribution in [2.75, 3.05) is 31.7 Å². The highest BCUT2D eigenvalue weighted by molar-refractivity contribution is 5.90. The van der Waals surface area contributed by atoms with E-state index in [1.54, 1.807) is 13.4 Å². The third kappa shape index (κ3) is 3.01. The Labute approximate surface area is 151 Å². The Kier molecular flexibility index (Phi) is 4.49. The number of hydrogen-bond acceptors (Lipinski definition) is 7. The van der Waals surface area contributed by atoms with Crippen molar-refractivity contribution < 1.29 is 14.6 Å². The molecule has 2 aromatic rings. The number of aromatic nitrogens is 4. The summed E-state index contributed by atoms with van der Waals surface area (Å²) in [4.78, 5) is 27.5. The minimum absolute atomic E-state index is 0.00906. The van der Waals surface area contributed by atoms with Crippen LogP contribution in [0.2, 0.25) is 0 Å². The highest BCUT2D eigenvalue weighted by Crippen LogP contribution is 2.30. The maximum atomic E-state index is 12.2. The molecule has 0 saturated carbocycles. The van der Waals surface area contributed by atoms with Crippen LogP contribution < -0.4 is 10.2 Å². The summed E-state index contributed by atoms with van der Waals surface area (Å²) in [5.74, 6) is 0.670. The van der Waals surface area contributed by atoms with Gasteiger partial charge in [0.15, 0.2) is 17.0 Å². The molecule has 0 radical (unpaired) electrons. The van der Waals surface area contributed by atoms with Crippen LogP contribution in [0.3, 0.4) is 0 Å². The molecule has 2 fully saturated rings. The van der Waals surface area contributed by atoms with Crippen LogP contribution in [0, 0.1) is 0 Å². The molecule has 2 N–H and O–H groups in total. The number of amides is 1. The molecule has 140 valence electrons. The van der Waals surface area contributed by atoms with E-state index < -0.39 is 5.60 Å². The minimum Gasteiger partial charge on any atom is -0.388 e. The summed E-state index contributed by atoms with van der Waals surface area (Å²) in [7, 11) is 1.65. The van der Waals surface area contributed by atoms with Crippen LogP contribution in [-0.2, 0) is 16.1 Å². The zero-order valence-electron chi connectivity index (χ0n) is 14.9. The number of likely N-dealkylation sites (N-methyl/N-ethyl adjacent to an activating group) is 1. The first-order chi connectivity index (χ1) is 12.6. The lowest BCUT2D eigenvalue weighted by molar-refractivity contribution is -0.121. The Morgan fingerprint density at radius 1 is 1.38 bits per heavy atom. The van der Waals surface area contributed by atoms with Crippen molar-refractivity contribution in [3.8, 4) is 0 Å². The molecule has 1 atom stereocenters. The first-order valence-electron chi connectivity index (χ1n) is 9.05. The van der Waals surface area contributed by atoms with Gasteiger partial charge in [-0.1, -0.05) is 0 Å². The van der Waals surface area contributed by atoms with E-state index in [1.165, 1.54) is 6.33 Å². The molecular weight excluding hydrogens is 336 g/mol. The number of rotatable bonds is 4. The standard InChI is InChI=1S/C17H24N6O3/c1-18-16(24)12-3-2-6-23(12)15-13-14(19-10-20-15)22(11-21-13)9-17(25)4-7-26-8-5-17/h10-12,25H,2-9H2,1H3,(H,18,24). The van der Waals surface area contributed by atoms with Gasteiger partial charge in [0.1, 0.15) is 12.4 Å². The molecule has 0 aromatic carbocycles. The van der Waals surface area contributed by atoms with Crippen LogP contribution in [0.25, 0.3) is 11.2 Å². The molecule has 0 aliphatic carbocycles. The maximum Gasteiger partial charge on any atom is 0.242 e. The Bertz CT molecular complexity index is 801. The van der Waals surface area contributed by atoms with Crippen LogP contribution in [0.1, 0.15) is 25.7 Å². The second-order valence-corrected chi connectivity index (χ2v) is 7.04. The fourth-order valence-corrected chi connectivity index (χ4v) is 3.88. The van der Waals surface area contributed by atoms with E-state index in [-0.39, 0.29) is 11.9 Å². The number of anilines is 1. The van der Waals surface area contributed by atoms with Crippen molar-refractivity contribution in [1.82, 2.24) is 24.8 Å². The molecule has 2 aromatic heterocycles. The summed E-state index contributed by atoms with van der Waals surface area (Å²) in [6.07, 6.45) is 6.12. The molecule has 2 aliphatic heterocycles. The van der Waals surface area contributed by atoms with Gasteiger partial charge in [0, 0.05) is 39.6 Å². The first kappa shape index (κ1) is 17.2. The molecule has 1 amide bonds. The van der Waals surface area contributed by atoms with Gasteiger partial charge in [-0.2, -0.15) is 0 Å². The van der Waals surface area contributed by atoms with E-state index in [0.717, 1.165) is 19.4 Å². The number of imidazole rings is 1. The summed E-state index contributed by atoms with van der Waals surface area (Å²) in [5, 5.41) is 13.5. The second-order valence-electron chi connectivity index (χ2n) is 7.04. The zero-order chi connectivity index (χ0) is 18.1. The van der Waals surface area contributed by atoms with Gasteiger partial charge in [0.25, 0.3) is 0 Å².